The monoisotopic (exact) mass is 921 g/mol. The molecule has 1 aliphatic rings. The average Bonchev–Trinajstić information content (AvgIpc) is 3.34. The third-order valence-electron chi connectivity index (χ3n) is 12.7. The van der Waals surface area contributed by atoms with Crippen molar-refractivity contribution in [3.63, 3.8) is 0 Å². The van der Waals surface area contributed by atoms with Gasteiger partial charge in [0, 0.05) is 0 Å². The van der Waals surface area contributed by atoms with Crippen molar-refractivity contribution in [3.05, 3.63) is 82.9 Å². The molecule has 4 nitrogen and oxygen atoms in total. The van der Waals surface area contributed by atoms with E-state index in [2.05, 4.69) is 13.8 Å². The number of hydrogen-bond acceptors (Lipinski definition) is 4. The van der Waals surface area contributed by atoms with Crippen LogP contribution in [0, 0.1) is 0 Å². The molecule has 0 radical (unpaired) electrons. The summed E-state index contributed by atoms with van der Waals surface area (Å²) in [6, 6.07) is 20.0. The van der Waals surface area contributed by atoms with Crippen LogP contribution >= 0.6 is 0 Å². The molecule has 332 valence electrons. The van der Waals surface area contributed by atoms with Crippen molar-refractivity contribution >= 4 is 31.1 Å². The molecule has 59 heavy (non-hydrogen) atoms. The molecule has 0 aromatic heterocycles. The van der Waals surface area contributed by atoms with Crippen LogP contribution in [0.2, 0.25) is 8.87 Å². The van der Waals surface area contributed by atoms with Crippen LogP contribution in [-0.2, 0) is 28.6 Å². The first-order valence-corrected chi connectivity index (χ1v) is 31.7. The van der Waals surface area contributed by atoms with Gasteiger partial charge in [-0.1, -0.05) is 78.1 Å². The van der Waals surface area contributed by atoms with Crippen molar-refractivity contribution in [2.45, 2.75) is 241 Å². The zero-order valence-electron chi connectivity index (χ0n) is 38.4. The number of benzene rings is 2. The van der Waals surface area contributed by atoms with Gasteiger partial charge in [0.15, 0.2) is 0 Å². The van der Waals surface area contributed by atoms with Gasteiger partial charge in [-0.25, -0.2) is 0 Å². The Morgan fingerprint density at radius 2 is 0.576 bits per heavy atom. The van der Waals surface area contributed by atoms with Gasteiger partial charge in [-0.15, -0.1) is 0 Å². The first-order valence-electron chi connectivity index (χ1n) is 25.3. The zero-order valence-corrected chi connectivity index (χ0v) is 41.2. The molecule has 0 saturated carbocycles. The maximum atomic E-state index is 14.3. The summed E-state index contributed by atoms with van der Waals surface area (Å²) in [6.45, 7) is 4.58. The van der Waals surface area contributed by atoms with E-state index in [-0.39, 0.29) is 11.9 Å². The molecule has 0 bridgehead atoms. The maximum absolute atomic E-state index is 14.3. The Morgan fingerprint density at radius 3 is 0.831 bits per heavy atom. The molecule has 1 aliphatic heterocycles. The van der Waals surface area contributed by atoms with E-state index in [0.717, 1.165) is 45.7 Å². The number of hydrogen-bond donors (Lipinski definition) is 0. The first-order chi connectivity index (χ1) is 29.1. The Balaban J connectivity index is 1.48. The molecule has 1 heterocycles. The quantitative estimate of drug-likeness (QED) is 0.0497. The number of carbonyl (C=O) groups excluding carboxylic acids is 2. The number of rotatable bonds is 38. The second-order valence-electron chi connectivity index (χ2n) is 18.1. The average molecular weight is 920 g/mol. The Labute approximate surface area is 368 Å². The van der Waals surface area contributed by atoms with E-state index < -0.39 is 19.2 Å². The summed E-state index contributed by atoms with van der Waals surface area (Å²) in [7, 11) is 0. The first kappa shape index (κ1) is 51.3. The SMILES string of the molecule is CCCCCCCCCCCCCCCCC[CH2][Sn]1([CH2]CCCCCCCCCCCCCCCCC)[O]C(=O)C(Cc2ccccc2)=C(Cc2ccccc2)C(=O)[O]1. The zero-order chi connectivity index (χ0) is 41.9. The fourth-order valence-electron chi connectivity index (χ4n) is 8.90. The van der Waals surface area contributed by atoms with Gasteiger partial charge in [-0.05, 0) is 0 Å². The number of unbranched alkanes of at least 4 members (excludes halogenated alkanes) is 30. The van der Waals surface area contributed by atoms with Crippen molar-refractivity contribution in [1.82, 2.24) is 0 Å². The minimum absolute atomic E-state index is 0.297. The van der Waals surface area contributed by atoms with Crippen LogP contribution in [-0.4, -0.2) is 31.1 Å². The second-order valence-corrected chi connectivity index (χ2v) is 27.3. The summed E-state index contributed by atoms with van der Waals surface area (Å²) in [5, 5.41) is 0. The van der Waals surface area contributed by atoms with Crippen LogP contribution < -0.4 is 0 Å². The van der Waals surface area contributed by atoms with Crippen LogP contribution in [0.3, 0.4) is 0 Å². The fourth-order valence-corrected chi connectivity index (χ4v) is 18.0. The third kappa shape index (κ3) is 24.2. The Kier molecular flexibility index (Phi) is 30.0. The molecule has 0 unspecified atom stereocenters. The van der Waals surface area contributed by atoms with Crippen molar-refractivity contribution in [2.75, 3.05) is 0 Å². The van der Waals surface area contributed by atoms with Gasteiger partial charge in [0.2, 0.25) is 0 Å². The molecule has 0 aliphatic carbocycles. The molecule has 0 N–H and O–H groups in total. The minimum atomic E-state index is -4.12. The van der Waals surface area contributed by atoms with E-state index in [0.29, 0.717) is 24.0 Å². The van der Waals surface area contributed by atoms with Gasteiger partial charge < -0.3 is 0 Å². The summed E-state index contributed by atoms with van der Waals surface area (Å²) in [5.41, 5.74) is 3.00. The molecule has 3 rings (SSSR count). The second kappa shape index (κ2) is 34.5. The van der Waals surface area contributed by atoms with E-state index in [4.69, 9.17) is 6.15 Å². The predicted molar refractivity (Wildman–Crippen MR) is 254 cm³/mol. The normalized spacial score (nSPS) is 14.1. The van der Waals surface area contributed by atoms with Crippen LogP contribution in [0.5, 0.6) is 0 Å². The predicted octanol–water partition coefficient (Wildman–Crippen LogP) is 16.8. The van der Waals surface area contributed by atoms with E-state index in [1.54, 1.807) is 0 Å². The standard InChI is InChI=1S/C18H16O4.2C18H37.Sn/c19-17(20)15(11-13-7-3-1-4-8-13)16(18(21)22)12-14-9-5-2-6-10-14;2*1-3-5-7-9-11-13-15-17-18-16-14-12-10-8-6-4-2;/h1-10H,11-12H2,(H,19,20)(H,21,22);2*1,3-18H2,2H3;/q;;;+2/p-2. The Morgan fingerprint density at radius 1 is 0.339 bits per heavy atom. The Hall–Kier alpha value is -2.08. The Bertz CT molecular complexity index is 1250. The van der Waals surface area contributed by atoms with Crippen LogP contribution in [0.4, 0.5) is 0 Å². The molecule has 0 saturated heterocycles. The summed E-state index contributed by atoms with van der Waals surface area (Å²) in [6.07, 6.45) is 43.1. The van der Waals surface area contributed by atoms with E-state index in [1.807, 2.05) is 60.7 Å². The summed E-state index contributed by atoms with van der Waals surface area (Å²) >= 11 is -4.12. The molecule has 5 heteroatoms. The van der Waals surface area contributed by atoms with Crippen LogP contribution in [0.1, 0.15) is 230 Å². The van der Waals surface area contributed by atoms with E-state index >= 15 is 0 Å². The molecular weight excluding hydrogens is 831 g/mol. The van der Waals surface area contributed by atoms with Crippen molar-refractivity contribution < 1.29 is 15.7 Å². The summed E-state index contributed by atoms with van der Waals surface area (Å²) in [4.78, 5) is 28.5. The molecule has 0 spiro atoms. The van der Waals surface area contributed by atoms with Gasteiger partial charge in [-0.2, -0.15) is 0 Å². The fraction of sp³-hybridized carbons (Fsp3) is 0.704. The van der Waals surface area contributed by atoms with Crippen molar-refractivity contribution in [3.8, 4) is 0 Å². The van der Waals surface area contributed by atoms with E-state index in [9.17, 15) is 9.59 Å². The topological polar surface area (TPSA) is 52.6 Å². The van der Waals surface area contributed by atoms with Crippen molar-refractivity contribution in [1.29, 1.82) is 0 Å². The number of carbonyl (C=O) groups is 2. The summed E-state index contributed by atoms with van der Waals surface area (Å²) < 4.78 is 14.8. The van der Waals surface area contributed by atoms with Gasteiger partial charge in [0.25, 0.3) is 0 Å². The van der Waals surface area contributed by atoms with Gasteiger partial charge in [0.05, 0.1) is 0 Å². The molecule has 0 amide bonds. The van der Waals surface area contributed by atoms with Crippen LogP contribution in [0.15, 0.2) is 71.8 Å². The van der Waals surface area contributed by atoms with Crippen LogP contribution in [0.25, 0.3) is 0 Å². The van der Waals surface area contributed by atoms with Gasteiger partial charge in [-0.3, -0.25) is 0 Å². The van der Waals surface area contributed by atoms with Gasteiger partial charge >= 0.3 is 293 Å². The molecule has 0 atom stereocenters. The van der Waals surface area contributed by atoms with Gasteiger partial charge in [0.1, 0.15) is 0 Å². The third-order valence-corrected chi connectivity index (χ3v) is 22.2. The summed E-state index contributed by atoms with van der Waals surface area (Å²) in [5.74, 6) is -0.594. The van der Waals surface area contributed by atoms with E-state index in [1.165, 1.54) is 180 Å². The molecule has 2 aromatic rings. The van der Waals surface area contributed by atoms with Crippen molar-refractivity contribution in [2.24, 2.45) is 0 Å². The molecule has 0 fully saturated rings. The molecular formula is C54H88O4Sn. The molecule has 2 aromatic carbocycles.